The van der Waals surface area contributed by atoms with Crippen LogP contribution in [0.5, 0.6) is 0 Å². The van der Waals surface area contributed by atoms with Crippen LogP contribution in [-0.2, 0) is 0 Å². The fourth-order valence-electron chi connectivity index (χ4n) is 2.64. The average molecular weight is 244 g/mol. The summed E-state index contributed by atoms with van der Waals surface area (Å²) in [5.74, 6) is 0.886. The van der Waals surface area contributed by atoms with E-state index in [1.54, 1.807) is 0 Å². The zero-order valence-corrected chi connectivity index (χ0v) is 10.6. The van der Waals surface area contributed by atoms with Crippen molar-refractivity contribution in [1.82, 2.24) is 15.5 Å². The Balaban J connectivity index is 1.52. The molecule has 1 aromatic heterocycles. The van der Waals surface area contributed by atoms with Crippen molar-refractivity contribution in [3.8, 4) is 0 Å². The number of fused-ring (bicyclic) bond motifs is 1. The van der Waals surface area contributed by atoms with Crippen molar-refractivity contribution in [2.24, 2.45) is 5.92 Å². The molecule has 4 heteroatoms. The maximum atomic E-state index is 4.04. The topological polar surface area (TPSA) is 52.7 Å². The molecule has 2 aromatic rings. The van der Waals surface area contributed by atoms with E-state index in [1.807, 2.05) is 6.20 Å². The van der Waals surface area contributed by atoms with E-state index < -0.39 is 0 Å². The number of benzene rings is 1. The first-order chi connectivity index (χ1) is 8.92. The van der Waals surface area contributed by atoms with Crippen LogP contribution in [0.25, 0.3) is 10.9 Å². The molecule has 96 valence electrons. The molecule has 0 saturated carbocycles. The Kier molecular flexibility index (Phi) is 3.46. The van der Waals surface area contributed by atoms with Gasteiger partial charge in [0.05, 0.1) is 11.7 Å². The fraction of sp³-hybridized carbons (Fsp3) is 0.500. The van der Waals surface area contributed by atoms with Crippen LogP contribution in [-0.4, -0.2) is 29.8 Å². The van der Waals surface area contributed by atoms with Gasteiger partial charge in [0.25, 0.3) is 0 Å². The third-order valence-corrected chi connectivity index (χ3v) is 3.78. The maximum absolute atomic E-state index is 4.04. The monoisotopic (exact) mass is 244 g/mol. The van der Waals surface area contributed by atoms with Crippen molar-refractivity contribution in [2.45, 2.75) is 19.3 Å². The van der Waals surface area contributed by atoms with Crippen LogP contribution in [0.3, 0.4) is 0 Å². The van der Waals surface area contributed by atoms with Gasteiger partial charge >= 0.3 is 0 Å². The molecule has 1 aromatic carbocycles. The van der Waals surface area contributed by atoms with Gasteiger partial charge < -0.3 is 10.6 Å². The molecule has 18 heavy (non-hydrogen) atoms. The predicted molar refractivity (Wildman–Crippen MR) is 74.8 cm³/mol. The third kappa shape index (κ3) is 2.64. The van der Waals surface area contributed by atoms with Crippen molar-refractivity contribution in [3.63, 3.8) is 0 Å². The lowest BCUT2D eigenvalue weighted by Gasteiger charge is -2.22. The summed E-state index contributed by atoms with van der Waals surface area (Å²) in [7, 11) is 0. The van der Waals surface area contributed by atoms with Crippen LogP contribution in [0, 0.1) is 5.92 Å². The smallest absolute Gasteiger partial charge is 0.0651 e. The molecule has 0 atom stereocenters. The van der Waals surface area contributed by atoms with E-state index in [-0.39, 0.29) is 0 Å². The average Bonchev–Trinajstić information content (AvgIpc) is 2.87. The lowest BCUT2D eigenvalue weighted by Crippen LogP contribution is -2.28. The quantitative estimate of drug-likeness (QED) is 0.774. The van der Waals surface area contributed by atoms with Crippen LogP contribution in [0.1, 0.15) is 19.3 Å². The summed E-state index contributed by atoms with van der Waals surface area (Å²) >= 11 is 0. The van der Waals surface area contributed by atoms with Gasteiger partial charge in [-0.1, -0.05) is 0 Å². The summed E-state index contributed by atoms with van der Waals surface area (Å²) in [6, 6.07) is 6.35. The summed E-state index contributed by atoms with van der Waals surface area (Å²) in [5.41, 5.74) is 2.29. The number of aromatic amines is 1. The number of piperidine rings is 1. The first-order valence-electron chi connectivity index (χ1n) is 6.79. The van der Waals surface area contributed by atoms with E-state index in [4.69, 9.17) is 0 Å². The molecule has 0 spiro atoms. The van der Waals surface area contributed by atoms with Gasteiger partial charge in [-0.25, -0.2) is 0 Å². The molecule has 0 radical (unpaired) electrons. The van der Waals surface area contributed by atoms with E-state index in [9.17, 15) is 0 Å². The first kappa shape index (κ1) is 11.5. The molecule has 0 aliphatic carbocycles. The van der Waals surface area contributed by atoms with Crippen LogP contribution in [0.4, 0.5) is 5.69 Å². The Morgan fingerprint density at radius 3 is 3.06 bits per heavy atom. The second-order valence-corrected chi connectivity index (χ2v) is 5.08. The van der Waals surface area contributed by atoms with Gasteiger partial charge in [-0.05, 0) is 56.5 Å². The summed E-state index contributed by atoms with van der Waals surface area (Å²) in [6.07, 6.45) is 5.78. The number of hydrogen-bond acceptors (Lipinski definition) is 3. The highest BCUT2D eigenvalue weighted by Crippen LogP contribution is 2.19. The van der Waals surface area contributed by atoms with Crippen molar-refractivity contribution in [2.75, 3.05) is 25.0 Å². The molecule has 3 rings (SSSR count). The minimum Gasteiger partial charge on any atom is -0.385 e. The lowest BCUT2D eigenvalue weighted by molar-refractivity contribution is 0.361. The van der Waals surface area contributed by atoms with Gasteiger partial charge in [-0.15, -0.1) is 0 Å². The summed E-state index contributed by atoms with van der Waals surface area (Å²) in [5, 5.41) is 15.1. The molecule has 2 heterocycles. The van der Waals surface area contributed by atoms with Gasteiger partial charge in [0.2, 0.25) is 0 Å². The Morgan fingerprint density at radius 1 is 1.28 bits per heavy atom. The normalized spacial score (nSPS) is 17.1. The molecule has 3 N–H and O–H groups in total. The van der Waals surface area contributed by atoms with Crippen LogP contribution in [0.2, 0.25) is 0 Å². The number of H-pyrrole nitrogens is 1. The zero-order valence-electron chi connectivity index (χ0n) is 10.6. The molecule has 4 nitrogen and oxygen atoms in total. The SMILES string of the molecule is c1cc2[nH]ncc2cc1NCCC1CCNCC1. The van der Waals surface area contributed by atoms with Gasteiger partial charge in [-0.3, -0.25) is 5.10 Å². The summed E-state index contributed by atoms with van der Waals surface area (Å²) in [4.78, 5) is 0. The molecule has 1 aliphatic heterocycles. The van der Waals surface area contributed by atoms with Crippen LogP contribution in [0.15, 0.2) is 24.4 Å². The predicted octanol–water partition coefficient (Wildman–Crippen LogP) is 2.36. The third-order valence-electron chi connectivity index (χ3n) is 3.78. The number of hydrogen-bond donors (Lipinski definition) is 3. The number of nitrogens with one attached hydrogen (secondary N) is 3. The standard InChI is InChI=1S/C14H20N4/c1-2-14-12(10-17-18-14)9-13(1)16-8-5-11-3-6-15-7-4-11/h1-2,9-11,15-16H,3-8H2,(H,17,18). The molecule has 1 aliphatic rings. The largest absolute Gasteiger partial charge is 0.385 e. The highest BCUT2D eigenvalue weighted by molar-refractivity contribution is 5.81. The van der Waals surface area contributed by atoms with Crippen LogP contribution >= 0.6 is 0 Å². The maximum Gasteiger partial charge on any atom is 0.0651 e. The molecule has 0 bridgehead atoms. The summed E-state index contributed by atoms with van der Waals surface area (Å²) < 4.78 is 0. The zero-order chi connectivity index (χ0) is 12.2. The number of aromatic nitrogens is 2. The Morgan fingerprint density at radius 2 is 2.17 bits per heavy atom. The van der Waals surface area contributed by atoms with E-state index in [0.29, 0.717) is 0 Å². The molecular weight excluding hydrogens is 224 g/mol. The lowest BCUT2D eigenvalue weighted by atomic mass is 9.95. The van der Waals surface area contributed by atoms with E-state index >= 15 is 0 Å². The van der Waals surface area contributed by atoms with Crippen molar-refractivity contribution in [3.05, 3.63) is 24.4 Å². The number of rotatable bonds is 4. The first-order valence-corrected chi connectivity index (χ1v) is 6.79. The van der Waals surface area contributed by atoms with Crippen LogP contribution < -0.4 is 10.6 Å². The van der Waals surface area contributed by atoms with Gasteiger partial charge in [0.1, 0.15) is 0 Å². The molecule has 0 unspecified atom stereocenters. The van der Waals surface area contributed by atoms with Gasteiger partial charge in [0, 0.05) is 17.6 Å². The minimum absolute atomic E-state index is 0.886. The van der Waals surface area contributed by atoms with Crippen molar-refractivity contribution < 1.29 is 0 Å². The van der Waals surface area contributed by atoms with E-state index in [1.165, 1.54) is 43.4 Å². The Bertz CT molecular complexity index is 499. The fourth-order valence-corrected chi connectivity index (χ4v) is 2.64. The highest BCUT2D eigenvalue weighted by atomic mass is 15.1. The highest BCUT2D eigenvalue weighted by Gasteiger charge is 2.12. The number of nitrogens with zero attached hydrogens (tertiary/aromatic N) is 1. The molecule has 0 amide bonds. The molecular formula is C14H20N4. The van der Waals surface area contributed by atoms with Crippen molar-refractivity contribution in [1.29, 1.82) is 0 Å². The Labute approximate surface area is 107 Å². The van der Waals surface area contributed by atoms with E-state index in [2.05, 4.69) is 39.0 Å². The number of anilines is 1. The van der Waals surface area contributed by atoms with Gasteiger partial charge in [-0.2, -0.15) is 5.10 Å². The molecule has 1 saturated heterocycles. The minimum atomic E-state index is 0.886. The molecule has 1 fully saturated rings. The second kappa shape index (κ2) is 5.40. The summed E-state index contributed by atoms with van der Waals surface area (Å²) in [6.45, 7) is 3.44. The van der Waals surface area contributed by atoms with Gasteiger partial charge in [0.15, 0.2) is 0 Å². The van der Waals surface area contributed by atoms with E-state index in [0.717, 1.165) is 18.0 Å². The second-order valence-electron chi connectivity index (χ2n) is 5.08. The Hall–Kier alpha value is -1.55. The van der Waals surface area contributed by atoms with Crippen molar-refractivity contribution >= 4 is 16.6 Å².